The Morgan fingerprint density at radius 3 is 2.62 bits per heavy atom. The Hall–Kier alpha value is -1.19. The molecule has 0 aromatic heterocycles. The van der Waals surface area contributed by atoms with Gasteiger partial charge < -0.3 is 14.7 Å². The van der Waals surface area contributed by atoms with E-state index in [1.54, 1.807) is 0 Å². The summed E-state index contributed by atoms with van der Waals surface area (Å²) in [7, 11) is -1.87. The summed E-state index contributed by atoms with van der Waals surface area (Å²) in [5, 5.41) is 8.87. The summed E-state index contributed by atoms with van der Waals surface area (Å²) in [4.78, 5) is 24.5. The van der Waals surface area contributed by atoms with Gasteiger partial charge in [0, 0.05) is 26.7 Å². The molecule has 0 spiro atoms. The van der Waals surface area contributed by atoms with Crippen molar-refractivity contribution in [3.05, 3.63) is 0 Å². The Kier molecular flexibility index (Phi) is 6.56. The van der Waals surface area contributed by atoms with Crippen molar-refractivity contribution in [1.29, 1.82) is 0 Å². The predicted octanol–water partition coefficient (Wildman–Crippen LogP) is -0.782. The van der Waals surface area contributed by atoms with Gasteiger partial charge in [-0.3, -0.25) is 9.59 Å². The number of carbonyl (C=O) groups is 2. The van der Waals surface area contributed by atoms with Gasteiger partial charge in [-0.25, -0.2) is 12.7 Å². The third kappa shape index (κ3) is 5.60. The highest BCUT2D eigenvalue weighted by atomic mass is 32.2. The van der Waals surface area contributed by atoms with E-state index in [-0.39, 0.29) is 25.6 Å². The van der Waals surface area contributed by atoms with Gasteiger partial charge in [-0.2, -0.15) is 0 Å². The summed E-state index contributed by atoms with van der Waals surface area (Å²) in [6.07, 6.45) is 2.27. The fraction of sp³-hybridized carbons (Fsp3) is 0.833. The maximum atomic E-state index is 12.4. The van der Waals surface area contributed by atoms with Gasteiger partial charge in [0.2, 0.25) is 15.9 Å². The molecule has 0 aromatic carbocycles. The molecule has 0 bridgehead atoms. The quantitative estimate of drug-likeness (QED) is 0.659. The molecule has 1 aliphatic heterocycles. The number of aliphatic carboxylic acids is 1. The highest BCUT2D eigenvalue weighted by molar-refractivity contribution is 7.88. The average molecular weight is 322 g/mol. The van der Waals surface area contributed by atoms with Crippen LogP contribution in [0.4, 0.5) is 0 Å². The van der Waals surface area contributed by atoms with Gasteiger partial charge in [-0.05, 0) is 12.8 Å². The Morgan fingerprint density at radius 2 is 2.10 bits per heavy atom. The predicted molar refractivity (Wildman–Crippen MR) is 75.2 cm³/mol. The van der Waals surface area contributed by atoms with E-state index in [0.717, 1.165) is 6.26 Å². The maximum Gasteiger partial charge on any atom is 0.323 e. The van der Waals surface area contributed by atoms with Crippen molar-refractivity contribution in [2.45, 2.75) is 12.8 Å². The van der Waals surface area contributed by atoms with Crippen LogP contribution in [0.5, 0.6) is 0 Å². The molecule has 0 aromatic rings. The van der Waals surface area contributed by atoms with E-state index in [0.29, 0.717) is 19.4 Å². The normalized spacial score (nSPS) is 20.2. The first-order valence-electron chi connectivity index (χ1n) is 6.70. The van der Waals surface area contributed by atoms with E-state index in [9.17, 15) is 18.0 Å². The number of sulfonamides is 1. The summed E-state index contributed by atoms with van der Waals surface area (Å²) in [5.74, 6) is -1.93. The second-order valence-electron chi connectivity index (χ2n) is 5.11. The first-order valence-corrected chi connectivity index (χ1v) is 8.55. The molecular formula is C12H22N2O6S. The topological polar surface area (TPSA) is 104 Å². The lowest BCUT2D eigenvalue weighted by molar-refractivity contribution is -0.147. The molecule has 1 heterocycles. The van der Waals surface area contributed by atoms with E-state index in [4.69, 9.17) is 9.84 Å². The smallest absolute Gasteiger partial charge is 0.323 e. The molecule has 0 aliphatic carbocycles. The SMILES string of the molecule is COCCN(CC(=O)O)C(=O)[C@H]1CCCN(S(C)(=O)=O)C1. The van der Waals surface area contributed by atoms with Crippen molar-refractivity contribution < 1.29 is 27.9 Å². The fourth-order valence-electron chi connectivity index (χ4n) is 2.34. The summed E-state index contributed by atoms with van der Waals surface area (Å²) in [6.45, 7) is 0.524. The van der Waals surface area contributed by atoms with Gasteiger partial charge in [-0.1, -0.05) is 0 Å². The molecule has 1 atom stereocenters. The highest BCUT2D eigenvalue weighted by Crippen LogP contribution is 2.20. The fourth-order valence-corrected chi connectivity index (χ4v) is 3.25. The first-order chi connectivity index (χ1) is 9.75. The minimum atomic E-state index is -3.34. The second kappa shape index (κ2) is 7.71. The number of hydrogen-bond acceptors (Lipinski definition) is 5. The minimum Gasteiger partial charge on any atom is -0.480 e. The molecule has 21 heavy (non-hydrogen) atoms. The molecule has 1 fully saturated rings. The van der Waals surface area contributed by atoms with Crippen molar-refractivity contribution >= 4 is 21.9 Å². The summed E-state index contributed by atoms with van der Waals surface area (Å²) in [5.41, 5.74) is 0. The van der Waals surface area contributed by atoms with Crippen LogP contribution in [-0.2, 0) is 24.3 Å². The molecule has 1 rings (SSSR count). The van der Waals surface area contributed by atoms with Crippen LogP contribution >= 0.6 is 0 Å². The maximum absolute atomic E-state index is 12.4. The molecule has 0 saturated carbocycles. The molecule has 1 amide bonds. The zero-order chi connectivity index (χ0) is 16.0. The van der Waals surface area contributed by atoms with Crippen LogP contribution in [-0.4, -0.2) is 80.8 Å². The van der Waals surface area contributed by atoms with Crippen LogP contribution in [0, 0.1) is 5.92 Å². The van der Waals surface area contributed by atoms with E-state index >= 15 is 0 Å². The average Bonchev–Trinajstić information content (AvgIpc) is 2.41. The van der Waals surface area contributed by atoms with Gasteiger partial charge in [0.05, 0.1) is 18.8 Å². The Morgan fingerprint density at radius 1 is 1.43 bits per heavy atom. The first kappa shape index (κ1) is 17.9. The zero-order valence-electron chi connectivity index (χ0n) is 12.3. The standard InChI is InChI=1S/C12H22N2O6S/c1-20-7-6-13(9-11(15)16)12(17)10-4-3-5-14(8-10)21(2,18)19/h10H,3-9H2,1-2H3,(H,15,16)/t10-/m0/s1. The number of carboxylic acid groups (broad SMARTS) is 1. The van der Waals surface area contributed by atoms with Crippen molar-refractivity contribution in [1.82, 2.24) is 9.21 Å². The number of piperidine rings is 1. The third-order valence-corrected chi connectivity index (χ3v) is 4.68. The summed E-state index contributed by atoms with van der Waals surface area (Å²) in [6, 6.07) is 0. The van der Waals surface area contributed by atoms with Crippen molar-refractivity contribution in [2.24, 2.45) is 5.92 Å². The molecular weight excluding hydrogens is 300 g/mol. The number of hydrogen-bond donors (Lipinski definition) is 1. The van der Waals surface area contributed by atoms with Gasteiger partial charge in [-0.15, -0.1) is 0 Å². The van der Waals surface area contributed by atoms with Crippen molar-refractivity contribution in [2.75, 3.05) is 46.2 Å². The Balaban J connectivity index is 2.75. The highest BCUT2D eigenvalue weighted by Gasteiger charge is 2.33. The molecule has 0 radical (unpaired) electrons. The van der Waals surface area contributed by atoms with Crippen LogP contribution in [0.1, 0.15) is 12.8 Å². The number of methoxy groups -OCH3 is 1. The lowest BCUT2D eigenvalue weighted by atomic mass is 9.98. The van der Waals surface area contributed by atoms with Crippen LogP contribution in [0.3, 0.4) is 0 Å². The molecule has 9 heteroatoms. The summed E-state index contributed by atoms with van der Waals surface area (Å²) < 4.78 is 29.3. The van der Waals surface area contributed by atoms with E-state index in [1.807, 2.05) is 0 Å². The molecule has 1 saturated heterocycles. The van der Waals surface area contributed by atoms with Gasteiger partial charge in [0.15, 0.2) is 0 Å². The van der Waals surface area contributed by atoms with Crippen molar-refractivity contribution in [3.63, 3.8) is 0 Å². The van der Waals surface area contributed by atoms with Gasteiger partial charge in [0.1, 0.15) is 6.54 Å². The number of ether oxygens (including phenoxy) is 1. The van der Waals surface area contributed by atoms with E-state index in [1.165, 1.54) is 16.3 Å². The Bertz CT molecular complexity index is 478. The van der Waals surface area contributed by atoms with Crippen LogP contribution in [0.15, 0.2) is 0 Å². The van der Waals surface area contributed by atoms with Crippen LogP contribution in [0.25, 0.3) is 0 Å². The minimum absolute atomic E-state index is 0.112. The number of amides is 1. The molecule has 0 unspecified atom stereocenters. The lowest BCUT2D eigenvalue weighted by Crippen LogP contribution is -2.48. The Labute approximate surface area is 124 Å². The zero-order valence-corrected chi connectivity index (χ0v) is 13.1. The van der Waals surface area contributed by atoms with E-state index < -0.39 is 28.5 Å². The molecule has 8 nitrogen and oxygen atoms in total. The van der Waals surface area contributed by atoms with Crippen molar-refractivity contribution in [3.8, 4) is 0 Å². The number of carbonyl (C=O) groups excluding carboxylic acids is 1. The van der Waals surface area contributed by atoms with E-state index in [2.05, 4.69) is 0 Å². The molecule has 1 N–H and O–H groups in total. The lowest BCUT2D eigenvalue weighted by Gasteiger charge is -2.33. The number of carboxylic acids is 1. The van der Waals surface area contributed by atoms with Crippen LogP contribution < -0.4 is 0 Å². The van der Waals surface area contributed by atoms with Gasteiger partial charge >= 0.3 is 5.97 Å². The third-order valence-electron chi connectivity index (χ3n) is 3.41. The summed E-state index contributed by atoms with van der Waals surface area (Å²) >= 11 is 0. The second-order valence-corrected chi connectivity index (χ2v) is 7.09. The molecule has 1 aliphatic rings. The molecule has 122 valence electrons. The van der Waals surface area contributed by atoms with Crippen LogP contribution in [0.2, 0.25) is 0 Å². The number of nitrogens with zero attached hydrogens (tertiary/aromatic N) is 2. The van der Waals surface area contributed by atoms with Gasteiger partial charge in [0.25, 0.3) is 0 Å². The number of rotatable bonds is 7. The largest absolute Gasteiger partial charge is 0.480 e. The monoisotopic (exact) mass is 322 g/mol.